The molecule has 2 atom stereocenters. The van der Waals surface area contributed by atoms with E-state index in [1.54, 1.807) is 11.3 Å². The summed E-state index contributed by atoms with van der Waals surface area (Å²) in [6.07, 6.45) is 3.78. The molecule has 0 bridgehead atoms. The van der Waals surface area contributed by atoms with E-state index < -0.39 is 0 Å². The number of rotatable bonds is 3. The molecule has 2 rings (SSSR count). The summed E-state index contributed by atoms with van der Waals surface area (Å²) in [5.74, 6) is 0.585. The first-order valence-corrected chi connectivity index (χ1v) is 6.26. The van der Waals surface area contributed by atoms with E-state index in [-0.39, 0.29) is 6.10 Å². The van der Waals surface area contributed by atoms with Crippen LogP contribution in [0.1, 0.15) is 55.8 Å². The summed E-state index contributed by atoms with van der Waals surface area (Å²) >= 11 is 1.75. The van der Waals surface area contributed by atoms with E-state index >= 15 is 0 Å². The summed E-state index contributed by atoms with van der Waals surface area (Å²) in [4.78, 5) is 4.66. The molecule has 1 aromatic rings. The van der Waals surface area contributed by atoms with Gasteiger partial charge in [0.25, 0.3) is 0 Å². The van der Waals surface area contributed by atoms with Crippen LogP contribution in [0.4, 0.5) is 0 Å². The molecule has 0 aromatic carbocycles. The zero-order valence-electron chi connectivity index (χ0n) is 8.82. The van der Waals surface area contributed by atoms with E-state index in [1.807, 2.05) is 0 Å². The minimum absolute atomic E-state index is 0.290. The van der Waals surface area contributed by atoms with Crippen molar-refractivity contribution in [2.75, 3.05) is 6.61 Å². The van der Waals surface area contributed by atoms with Crippen LogP contribution in [-0.4, -0.2) is 11.6 Å². The summed E-state index contributed by atoms with van der Waals surface area (Å²) in [6.45, 7) is 5.34. The van der Waals surface area contributed by atoms with Crippen molar-refractivity contribution in [3.8, 4) is 0 Å². The number of nitrogens with zero attached hydrogens (tertiary/aromatic N) is 1. The van der Waals surface area contributed by atoms with Crippen LogP contribution in [0.3, 0.4) is 0 Å². The van der Waals surface area contributed by atoms with Crippen molar-refractivity contribution in [1.82, 2.24) is 4.98 Å². The lowest BCUT2D eigenvalue weighted by Crippen LogP contribution is -1.97. The molecule has 1 aliphatic rings. The molecule has 78 valence electrons. The first-order chi connectivity index (χ1) is 6.81. The molecule has 2 heterocycles. The van der Waals surface area contributed by atoms with Gasteiger partial charge in [-0.25, -0.2) is 4.98 Å². The predicted octanol–water partition coefficient (Wildman–Crippen LogP) is 3.51. The van der Waals surface area contributed by atoms with E-state index in [0.29, 0.717) is 5.92 Å². The Morgan fingerprint density at radius 2 is 2.57 bits per heavy atom. The fourth-order valence-electron chi connectivity index (χ4n) is 1.66. The predicted molar refractivity (Wildman–Crippen MR) is 58.7 cm³/mol. The van der Waals surface area contributed by atoms with E-state index in [9.17, 15) is 0 Å². The second-order valence-electron chi connectivity index (χ2n) is 3.92. The molecule has 0 N–H and O–H groups in total. The second kappa shape index (κ2) is 4.41. The van der Waals surface area contributed by atoms with Gasteiger partial charge >= 0.3 is 0 Å². The molecule has 0 saturated carbocycles. The number of hydrogen-bond acceptors (Lipinski definition) is 3. The van der Waals surface area contributed by atoms with Crippen LogP contribution < -0.4 is 0 Å². The van der Waals surface area contributed by atoms with Crippen LogP contribution >= 0.6 is 11.3 Å². The van der Waals surface area contributed by atoms with Crippen LogP contribution in [0.2, 0.25) is 0 Å². The van der Waals surface area contributed by atoms with Crippen molar-refractivity contribution in [1.29, 1.82) is 0 Å². The van der Waals surface area contributed by atoms with Gasteiger partial charge in [-0.05, 0) is 25.2 Å². The Labute approximate surface area is 89.3 Å². The largest absolute Gasteiger partial charge is 0.371 e. The average Bonchev–Trinajstić information content (AvgIpc) is 2.86. The lowest BCUT2D eigenvalue weighted by atomic mass is 10.1. The topological polar surface area (TPSA) is 22.1 Å². The number of hydrogen-bond donors (Lipinski definition) is 0. The smallest absolute Gasteiger partial charge is 0.122 e. The van der Waals surface area contributed by atoms with Gasteiger partial charge in [-0.3, -0.25) is 0 Å². The number of ether oxygens (including phenoxy) is 1. The fourth-order valence-corrected chi connectivity index (χ4v) is 2.68. The Morgan fingerprint density at radius 1 is 1.71 bits per heavy atom. The molecule has 2 nitrogen and oxygen atoms in total. The van der Waals surface area contributed by atoms with E-state index in [2.05, 4.69) is 24.2 Å². The highest BCUT2D eigenvalue weighted by Crippen LogP contribution is 2.32. The summed E-state index contributed by atoms with van der Waals surface area (Å²) < 4.78 is 5.61. The van der Waals surface area contributed by atoms with Crippen LogP contribution in [0.25, 0.3) is 0 Å². The summed E-state index contributed by atoms with van der Waals surface area (Å²) in [7, 11) is 0. The lowest BCUT2D eigenvalue weighted by molar-refractivity contribution is 0.111. The first-order valence-electron chi connectivity index (χ1n) is 5.38. The van der Waals surface area contributed by atoms with Crippen molar-refractivity contribution in [2.24, 2.45) is 0 Å². The van der Waals surface area contributed by atoms with E-state index in [1.165, 1.54) is 17.1 Å². The summed E-state index contributed by atoms with van der Waals surface area (Å²) in [5, 5.41) is 3.36. The highest BCUT2D eigenvalue weighted by molar-refractivity contribution is 7.09. The SMILES string of the molecule is CC[C@@H](C)c1csc([C@H]2CCCO2)n1. The maximum absolute atomic E-state index is 5.61. The normalized spacial score (nSPS) is 24.0. The molecule has 0 amide bonds. The fraction of sp³-hybridized carbons (Fsp3) is 0.727. The Morgan fingerprint density at radius 3 is 3.21 bits per heavy atom. The Hall–Kier alpha value is -0.410. The maximum atomic E-state index is 5.61. The molecule has 14 heavy (non-hydrogen) atoms. The zero-order valence-corrected chi connectivity index (χ0v) is 9.64. The highest BCUT2D eigenvalue weighted by atomic mass is 32.1. The van der Waals surface area contributed by atoms with Crippen LogP contribution in [-0.2, 0) is 4.74 Å². The highest BCUT2D eigenvalue weighted by Gasteiger charge is 2.21. The Bertz CT molecular complexity index is 291. The van der Waals surface area contributed by atoms with Gasteiger partial charge < -0.3 is 4.74 Å². The van der Waals surface area contributed by atoms with Crippen molar-refractivity contribution in [3.05, 3.63) is 16.1 Å². The molecule has 0 aliphatic carbocycles. The van der Waals surface area contributed by atoms with E-state index in [0.717, 1.165) is 19.4 Å². The summed E-state index contributed by atoms with van der Waals surface area (Å²) in [6, 6.07) is 0. The third-order valence-electron chi connectivity index (χ3n) is 2.86. The standard InChI is InChI=1S/C11H17NOS/c1-3-8(2)9-7-14-11(12-9)10-5-4-6-13-10/h7-8,10H,3-6H2,1-2H3/t8-,10-/m1/s1. The molecule has 0 radical (unpaired) electrons. The van der Waals surface area contributed by atoms with Gasteiger partial charge in [-0.1, -0.05) is 13.8 Å². The molecule has 1 aliphatic heterocycles. The monoisotopic (exact) mass is 211 g/mol. The van der Waals surface area contributed by atoms with Crippen LogP contribution in [0.5, 0.6) is 0 Å². The van der Waals surface area contributed by atoms with Crippen molar-refractivity contribution < 1.29 is 4.74 Å². The van der Waals surface area contributed by atoms with Crippen molar-refractivity contribution >= 4 is 11.3 Å². The lowest BCUT2D eigenvalue weighted by Gasteiger charge is -2.05. The summed E-state index contributed by atoms with van der Waals surface area (Å²) in [5.41, 5.74) is 1.24. The van der Waals surface area contributed by atoms with Gasteiger partial charge in [0.05, 0.1) is 5.69 Å². The number of aromatic nitrogens is 1. The molecule has 1 aromatic heterocycles. The Kier molecular flexibility index (Phi) is 3.19. The molecule has 0 spiro atoms. The van der Waals surface area contributed by atoms with Gasteiger partial charge in [0, 0.05) is 12.0 Å². The molecule has 1 saturated heterocycles. The molecular weight excluding hydrogens is 194 g/mol. The van der Waals surface area contributed by atoms with Gasteiger partial charge in [-0.15, -0.1) is 11.3 Å². The van der Waals surface area contributed by atoms with Crippen molar-refractivity contribution in [3.63, 3.8) is 0 Å². The molecular formula is C11H17NOS. The maximum Gasteiger partial charge on any atom is 0.122 e. The third kappa shape index (κ3) is 1.98. The van der Waals surface area contributed by atoms with Gasteiger partial charge in [0.1, 0.15) is 11.1 Å². The minimum atomic E-state index is 0.290. The quantitative estimate of drug-likeness (QED) is 0.763. The third-order valence-corrected chi connectivity index (χ3v) is 3.82. The van der Waals surface area contributed by atoms with E-state index in [4.69, 9.17) is 4.74 Å². The zero-order chi connectivity index (χ0) is 9.97. The minimum Gasteiger partial charge on any atom is -0.371 e. The van der Waals surface area contributed by atoms with Gasteiger partial charge in [0.2, 0.25) is 0 Å². The first kappa shape index (κ1) is 10.1. The molecule has 1 fully saturated rings. The van der Waals surface area contributed by atoms with Gasteiger partial charge in [-0.2, -0.15) is 0 Å². The molecule has 0 unspecified atom stereocenters. The van der Waals surface area contributed by atoms with Crippen LogP contribution in [0, 0.1) is 0 Å². The second-order valence-corrected chi connectivity index (χ2v) is 4.81. The average molecular weight is 211 g/mol. The Balaban J connectivity index is 2.08. The molecule has 3 heteroatoms. The van der Waals surface area contributed by atoms with Crippen molar-refractivity contribution in [2.45, 2.75) is 45.1 Å². The number of thiazole rings is 1. The van der Waals surface area contributed by atoms with Crippen LogP contribution in [0.15, 0.2) is 5.38 Å². The van der Waals surface area contributed by atoms with Gasteiger partial charge in [0.15, 0.2) is 0 Å².